The molecule has 1 unspecified atom stereocenters. The van der Waals surface area contributed by atoms with Gasteiger partial charge < -0.3 is 15.1 Å². The van der Waals surface area contributed by atoms with Gasteiger partial charge in [-0.25, -0.2) is 4.98 Å². The Balaban J connectivity index is 1.67. The number of aromatic nitrogens is 1. The van der Waals surface area contributed by atoms with E-state index < -0.39 is 17.7 Å². The van der Waals surface area contributed by atoms with Gasteiger partial charge in [0.25, 0.3) is 0 Å². The van der Waals surface area contributed by atoms with E-state index in [4.69, 9.17) is 0 Å². The van der Waals surface area contributed by atoms with E-state index >= 15 is 0 Å². The van der Waals surface area contributed by atoms with E-state index in [1.54, 1.807) is 4.90 Å². The minimum Gasteiger partial charge on any atom is -0.355 e. The number of pyridine rings is 1. The summed E-state index contributed by atoms with van der Waals surface area (Å²) in [7, 11) is 3.96. The molecule has 0 aliphatic carbocycles. The molecular weight excluding hydrogens is 381 g/mol. The van der Waals surface area contributed by atoms with Gasteiger partial charge in [0.1, 0.15) is 5.82 Å². The molecular formula is C21H25F3N4O. The maximum Gasteiger partial charge on any atom is 0.419 e. The van der Waals surface area contributed by atoms with Crippen molar-refractivity contribution < 1.29 is 18.0 Å². The summed E-state index contributed by atoms with van der Waals surface area (Å²) in [6.07, 6.45) is -1.86. The highest BCUT2D eigenvalue weighted by Crippen LogP contribution is 2.36. The summed E-state index contributed by atoms with van der Waals surface area (Å²) in [6, 6.07) is 9.90. The van der Waals surface area contributed by atoms with E-state index in [0.29, 0.717) is 25.1 Å². The van der Waals surface area contributed by atoms with Crippen molar-refractivity contribution in [3.05, 3.63) is 53.7 Å². The molecule has 1 aliphatic heterocycles. The summed E-state index contributed by atoms with van der Waals surface area (Å²) in [5, 5.41) is 2.89. The van der Waals surface area contributed by atoms with Gasteiger partial charge in [0.05, 0.1) is 11.5 Å². The average molecular weight is 406 g/mol. The molecule has 5 nitrogen and oxygen atoms in total. The van der Waals surface area contributed by atoms with Gasteiger partial charge in [-0.05, 0) is 56.8 Å². The fourth-order valence-electron chi connectivity index (χ4n) is 3.56. The van der Waals surface area contributed by atoms with Gasteiger partial charge in [0, 0.05) is 31.5 Å². The van der Waals surface area contributed by atoms with Gasteiger partial charge in [-0.3, -0.25) is 4.79 Å². The highest BCUT2D eigenvalue weighted by molar-refractivity contribution is 5.93. The first-order valence-corrected chi connectivity index (χ1v) is 9.56. The van der Waals surface area contributed by atoms with Gasteiger partial charge in [0.15, 0.2) is 0 Å². The molecule has 0 saturated carbocycles. The summed E-state index contributed by atoms with van der Waals surface area (Å²) in [4.78, 5) is 20.3. The second-order valence-electron chi connectivity index (χ2n) is 7.58. The number of nitrogens with one attached hydrogen (secondary N) is 1. The third-order valence-electron chi connectivity index (χ3n) is 4.90. The molecule has 0 bridgehead atoms. The number of anilines is 2. The van der Waals surface area contributed by atoms with Crippen LogP contribution in [-0.2, 0) is 17.5 Å². The molecule has 1 aromatic heterocycles. The van der Waals surface area contributed by atoms with Crippen LogP contribution >= 0.6 is 0 Å². The Hall–Kier alpha value is -2.61. The van der Waals surface area contributed by atoms with Gasteiger partial charge in [-0.1, -0.05) is 12.1 Å². The Kier molecular flexibility index (Phi) is 6.42. The predicted octanol–water partition coefficient (Wildman–Crippen LogP) is 4.02. The van der Waals surface area contributed by atoms with E-state index in [-0.39, 0.29) is 18.3 Å². The molecule has 1 saturated heterocycles. The van der Waals surface area contributed by atoms with Crippen molar-refractivity contribution in [2.45, 2.75) is 25.6 Å². The van der Waals surface area contributed by atoms with Crippen LogP contribution < -0.4 is 10.2 Å². The Bertz CT molecular complexity index is 837. The maximum absolute atomic E-state index is 13.3. The number of hydrogen-bond acceptors (Lipinski definition) is 4. The number of nitrogens with zero attached hydrogens (tertiary/aromatic N) is 3. The van der Waals surface area contributed by atoms with Crippen LogP contribution in [0, 0.1) is 5.92 Å². The number of benzene rings is 1. The number of alkyl halides is 3. The van der Waals surface area contributed by atoms with Crippen molar-refractivity contribution in [1.29, 1.82) is 0 Å². The third kappa shape index (κ3) is 5.47. The first kappa shape index (κ1) is 21.1. The molecule has 1 atom stereocenters. The molecule has 2 heterocycles. The van der Waals surface area contributed by atoms with Crippen LogP contribution in [0.2, 0.25) is 0 Å². The second kappa shape index (κ2) is 8.82. The van der Waals surface area contributed by atoms with Gasteiger partial charge in [0.2, 0.25) is 5.91 Å². The zero-order valence-corrected chi connectivity index (χ0v) is 16.5. The summed E-state index contributed by atoms with van der Waals surface area (Å²) in [5.41, 5.74) is 1.05. The fraction of sp³-hybridized carbons (Fsp3) is 0.429. The molecule has 29 heavy (non-hydrogen) atoms. The van der Waals surface area contributed by atoms with E-state index in [2.05, 4.69) is 15.2 Å². The Morgan fingerprint density at radius 2 is 1.97 bits per heavy atom. The smallest absolute Gasteiger partial charge is 0.355 e. The third-order valence-corrected chi connectivity index (χ3v) is 4.90. The Morgan fingerprint density at radius 1 is 1.24 bits per heavy atom. The van der Waals surface area contributed by atoms with Crippen LogP contribution in [0.1, 0.15) is 24.0 Å². The molecule has 156 valence electrons. The lowest BCUT2D eigenvalue weighted by Gasteiger charge is -2.34. The molecule has 0 radical (unpaired) electrons. The topological polar surface area (TPSA) is 48.5 Å². The van der Waals surface area contributed by atoms with Gasteiger partial charge >= 0.3 is 6.18 Å². The van der Waals surface area contributed by atoms with Crippen LogP contribution in [0.5, 0.6) is 0 Å². The lowest BCUT2D eigenvalue weighted by molar-refractivity contribution is -0.137. The lowest BCUT2D eigenvalue weighted by atomic mass is 9.96. The molecule has 2 aromatic rings. The zero-order chi connectivity index (χ0) is 21.0. The lowest BCUT2D eigenvalue weighted by Crippen LogP contribution is -2.42. The molecule has 1 N–H and O–H groups in total. The van der Waals surface area contributed by atoms with Gasteiger partial charge in [-0.2, -0.15) is 13.2 Å². The van der Waals surface area contributed by atoms with Crippen LogP contribution in [-0.4, -0.2) is 43.0 Å². The van der Waals surface area contributed by atoms with Crippen LogP contribution in [0.3, 0.4) is 0 Å². The highest BCUT2D eigenvalue weighted by atomic mass is 19.4. The van der Waals surface area contributed by atoms with Gasteiger partial charge in [-0.15, -0.1) is 0 Å². The minimum atomic E-state index is -4.48. The minimum absolute atomic E-state index is 0.106. The largest absolute Gasteiger partial charge is 0.419 e. The number of amides is 1. The number of halogens is 3. The quantitative estimate of drug-likeness (QED) is 0.815. The summed E-state index contributed by atoms with van der Waals surface area (Å²) >= 11 is 0. The SMILES string of the molecule is CN(C)Cc1ccc(NC(=O)C2CCCN(c3ncccc3C(F)(F)F)C2)cc1. The zero-order valence-electron chi connectivity index (χ0n) is 16.5. The van der Waals surface area contributed by atoms with Crippen molar-refractivity contribution in [3.8, 4) is 0 Å². The highest BCUT2D eigenvalue weighted by Gasteiger charge is 2.37. The van der Waals surface area contributed by atoms with Crippen molar-refractivity contribution in [3.63, 3.8) is 0 Å². The molecule has 1 amide bonds. The van der Waals surface area contributed by atoms with Crippen LogP contribution in [0.4, 0.5) is 24.7 Å². The van der Waals surface area contributed by atoms with E-state index in [0.717, 1.165) is 18.2 Å². The normalized spacial score (nSPS) is 17.4. The van der Waals surface area contributed by atoms with Crippen LogP contribution in [0.25, 0.3) is 0 Å². The van der Waals surface area contributed by atoms with E-state index in [9.17, 15) is 18.0 Å². The molecule has 0 spiro atoms. The predicted molar refractivity (Wildman–Crippen MR) is 107 cm³/mol. The van der Waals surface area contributed by atoms with Crippen LogP contribution in [0.15, 0.2) is 42.6 Å². The number of carbonyl (C=O) groups excluding carboxylic acids is 1. The monoisotopic (exact) mass is 406 g/mol. The van der Waals surface area contributed by atoms with Crippen molar-refractivity contribution in [2.24, 2.45) is 5.92 Å². The maximum atomic E-state index is 13.3. The number of hydrogen-bond donors (Lipinski definition) is 1. The van der Waals surface area contributed by atoms with Crippen molar-refractivity contribution in [2.75, 3.05) is 37.4 Å². The van der Waals surface area contributed by atoms with Crippen molar-refractivity contribution in [1.82, 2.24) is 9.88 Å². The summed E-state index contributed by atoms with van der Waals surface area (Å²) < 4.78 is 39.9. The fourth-order valence-corrected chi connectivity index (χ4v) is 3.56. The molecule has 1 aromatic carbocycles. The number of rotatable bonds is 5. The Labute approximate surface area is 168 Å². The first-order valence-electron chi connectivity index (χ1n) is 9.56. The molecule has 3 rings (SSSR count). The van der Waals surface area contributed by atoms with Crippen molar-refractivity contribution >= 4 is 17.4 Å². The number of carbonyl (C=O) groups is 1. The molecule has 8 heteroatoms. The molecule has 1 aliphatic rings. The molecule has 1 fully saturated rings. The summed E-state index contributed by atoms with van der Waals surface area (Å²) in [5.74, 6) is -0.682. The van der Waals surface area contributed by atoms with E-state index in [1.807, 2.05) is 38.4 Å². The average Bonchev–Trinajstić information content (AvgIpc) is 2.68. The summed E-state index contributed by atoms with van der Waals surface area (Å²) in [6.45, 7) is 1.46. The van der Waals surface area contributed by atoms with E-state index in [1.165, 1.54) is 12.3 Å². The standard InChI is InChI=1S/C21H25F3N4O/c1-27(2)13-15-7-9-17(10-8-15)26-20(29)16-5-4-12-28(14-16)19-18(21(22,23)24)6-3-11-25-19/h3,6-11,16H,4-5,12-14H2,1-2H3,(H,26,29). The number of piperidine rings is 1. The Morgan fingerprint density at radius 3 is 2.62 bits per heavy atom. The first-order chi connectivity index (χ1) is 13.7. The second-order valence-corrected chi connectivity index (χ2v) is 7.58.